The molecule has 2 amide bonds. The normalized spacial score (nSPS) is 16.6. The highest BCUT2D eigenvalue weighted by atomic mass is 32.2. The number of hydrogen-bond acceptors (Lipinski definition) is 6. The monoisotopic (exact) mass is 586 g/mol. The molecule has 3 aromatic carbocycles. The smallest absolute Gasteiger partial charge is 0.319 e. The molecule has 1 aromatic heterocycles. The van der Waals surface area contributed by atoms with Crippen LogP contribution in [0.25, 0.3) is 11.4 Å². The molecule has 2 fully saturated rings. The molecule has 0 spiro atoms. The maximum Gasteiger partial charge on any atom is 0.319 e. The Bertz CT molecular complexity index is 1540. The van der Waals surface area contributed by atoms with E-state index in [1.165, 1.54) is 29.5 Å². The number of nitrogens with two attached hydrogens (primary N) is 1. The molecule has 4 N–H and O–H groups in total. The third-order valence-corrected chi connectivity index (χ3v) is 9.07. The van der Waals surface area contributed by atoms with E-state index in [1.807, 2.05) is 30.3 Å². The number of amides is 2. The Balaban J connectivity index is 1.27. The Hall–Kier alpha value is -4.02. The average Bonchev–Trinajstić information content (AvgIpc) is 3.78. The van der Waals surface area contributed by atoms with Gasteiger partial charge in [-0.15, -0.1) is 11.8 Å². The fraction of sp³-hybridized carbons (Fsp3) is 0.281. The van der Waals surface area contributed by atoms with Crippen LogP contribution in [-0.4, -0.2) is 40.0 Å². The molecule has 0 unspecified atom stereocenters. The first-order chi connectivity index (χ1) is 20.3. The Kier molecular flexibility index (Phi) is 8.08. The van der Waals surface area contributed by atoms with Crippen LogP contribution in [0.5, 0.6) is 0 Å². The Morgan fingerprint density at radius 3 is 2.31 bits per heavy atom. The van der Waals surface area contributed by atoms with Gasteiger partial charge in [-0.25, -0.2) is 23.5 Å². The van der Waals surface area contributed by atoms with Gasteiger partial charge >= 0.3 is 6.03 Å². The average molecular weight is 587 g/mol. The van der Waals surface area contributed by atoms with Crippen molar-refractivity contribution in [2.24, 2.45) is 0 Å². The Morgan fingerprint density at radius 1 is 0.952 bits per heavy atom. The number of nitrogens with one attached hydrogen (secondary N) is 2. The highest BCUT2D eigenvalue weighted by Crippen LogP contribution is 2.49. The molecule has 216 valence electrons. The number of hydrogen-bond donors (Lipinski definition) is 3. The number of piperidine rings is 1. The van der Waals surface area contributed by atoms with Crippen LogP contribution in [0, 0.1) is 11.6 Å². The van der Waals surface area contributed by atoms with Crippen LogP contribution >= 0.6 is 11.8 Å². The predicted molar refractivity (Wildman–Crippen MR) is 162 cm³/mol. The van der Waals surface area contributed by atoms with Gasteiger partial charge in [-0.2, -0.15) is 0 Å². The highest BCUT2D eigenvalue weighted by Gasteiger charge is 2.39. The lowest BCUT2D eigenvalue weighted by molar-refractivity contribution is 0.191. The van der Waals surface area contributed by atoms with E-state index >= 15 is 0 Å². The van der Waals surface area contributed by atoms with Gasteiger partial charge in [0.1, 0.15) is 17.5 Å². The van der Waals surface area contributed by atoms with Crippen molar-refractivity contribution in [1.29, 1.82) is 0 Å². The molecular weight excluding hydrogens is 554 g/mol. The molecule has 0 bridgehead atoms. The van der Waals surface area contributed by atoms with E-state index < -0.39 is 16.4 Å². The number of rotatable bonds is 8. The lowest BCUT2D eigenvalue weighted by Crippen LogP contribution is -2.41. The van der Waals surface area contributed by atoms with Crippen molar-refractivity contribution in [2.75, 3.05) is 24.1 Å². The van der Waals surface area contributed by atoms with E-state index in [0.29, 0.717) is 35.1 Å². The van der Waals surface area contributed by atoms with Crippen LogP contribution in [0.3, 0.4) is 0 Å². The van der Waals surface area contributed by atoms with Crippen molar-refractivity contribution in [3.05, 3.63) is 102 Å². The van der Waals surface area contributed by atoms with E-state index in [0.717, 1.165) is 49.8 Å². The summed E-state index contributed by atoms with van der Waals surface area (Å²) < 4.78 is 27.8. The van der Waals surface area contributed by atoms with E-state index in [2.05, 4.69) is 32.7 Å². The first-order valence-electron chi connectivity index (χ1n) is 14.1. The maximum atomic E-state index is 14.2. The number of halogens is 2. The second kappa shape index (κ2) is 12.1. The third kappa shape index (κ3) is 6.88. The van der Waals surface area contributed by atoms with Crippen LogP contribution in [0.4, 0.5) is 25.1 Å². The summed E-state index contributed by atoms with van der Waals surface area (Å²) in [7, 11) is 0. The standard InChI is InChI=1S/C32H32F2N6OS/c33-23-16-24(34)18-27(17-23)42-32(12-14-40(15-13-32)20-21-4-2-1-3-5-21)28-19-29(35)39-30(38-28)22-6-8-25(9-7-22)36-31(41)37-26-10-11-26/h1-9,16-19,26H,10-15,20H2,(H2,35,38,39)(H2,36,37,41). The minimum atomic E-state index is -0.614. The van der Waals surface area contributed by atoms with Crippen LogP contribution in [0.15, 0.2) is 83.8 Å². The second-order valence-electron chi connectivity index (χ2n) is 10.9. The number of benzene rings is 3. The zero-order valence-corrected chi connectivity index (χ0v) is 23.8. The molecule has 1 aliphatic heterocycles. The van der Waals surface area contributed by atoms with Crippen LogP contribution < -0.4 is 16.4 Å². The van der Waals surface area contributed by atoms with E-state index in [1.54, 1.807) is 18.2 Å². The number of thioether (sulfide) groups is 1. The van der Waals surface area contributed by atoms with E-state index in [4.69, 9.17) is 10.7 Å². The van der Waals surface area contributed by atoms with Crippen LogP contribution in [0.2, 0.25) is 0 Å². The van der Waals surface area contributed by atoms with Crippen molar-refractivity contribution in [2.45, 2.75) is 47.9 Å². The van der Waals surface area contributed by atoms with Crippen molar-refractivity contribution in [3.8, 4) is 11.4 Å². The molecule has 0 atom stereocenters. The highest BCUT2D eigenvalue weighted by molar-refractivity contribution is 8.00. The zero-order chi connectivity index (χ0) is 29.1. The molecule has 6 rings (SSSR count). The number of aromatic nitrogens is 2. The molecule has 10 heteroatoms. The summed E-state index contributed by atoms with van der Waals surface area (Å²) in [5, 5.41) is 5.75. The van der Waals surface area contributed by atoms with Crippen molar-refractivity contribution >= 4 is 29.3 Å². The molecule has 2 heterocycles. The van der Waals surface area contributed by atoms with E-state index in [-0.39, 0.29) is 12.1 Å². The van der Waals surface area contributed by atoms with Crippen molar-refractivity contribution in [1.82, 2.24) is 20.2 Å². The van der Waals surface area contributed by atoms with Crippen molar-refractivity contribution < 1.29 is 13.6 Å². The molecule has 0 radical (unpaired) electrons. The Morgan fingerprint density at radius 2 is 1.64 bits per heavy atom. The first-order valence-corrected chi connectivity index (χ1v) is 14.9. The van der Waals surface area contributed by atoms with Gasteiger partial charge in [-0.1, -0.05) is 30.3 Å². The number of likely N-dealkylation sites (tertiary alicyclic amines) is 1. The fourth-order valence-corrected chi connectivity index (χ4v) is 6.64. The summed E-state index contributed by atoms with van der Waals surface area (Å²) in [6.45, 7) is 2.39. The summed E-state index contributed by atoms with van der Waals surface area (Å²) in [6.07, 6.45) is 3.44. The van der Waals surface area contributed by atoms with Gasteiger partial charge < -0.3 is 16.4 Å². The maximum absolute atomic E-state index is 14.2. The zero-order valence-electron chi connectivity index (χ0n) is 23.0. The number of nitrogen functional groups attached to an aromatic ring is 1. The molecular formula is C32H32F2N6OS. The van der Waals surface area contributed by atoms with Gasteiger partial charge in [0.05, 0.1) is 10.4 Å². The first kappa shape index (κ1) is 28.1. The largest absolute Gasteiger partial charge is 0.384 e. The van der Waals surface area contributed by atoms with Gasteiger partial charge in [0.25, 0.3) is 0 Å². The minimum absolute atomic E-state index is 0.223. The molecule has 1 aliphatic carbocycles. The number of anilines is 2. The molecule has 2 aliphatic rings. The molecule has 4 aromatic rings. The summed E-state index contributed by atoms with van der Waals surface area (Å²) in [5.74, 6) is -0.456. The number of nitrogens with zero attached hydrogens (tertiary/aromatic N) is 3. The minimum Gasteiger partial charge on any atom is -0.384 e. The van der Waals surface area contributed by atoms with Crippen LogP contribution in [0.1, 0.15) is 36.9 Å². The van der Waals surface area contributed by atoms with Gasteiger partial charge in [0.15, 0.2) is 5.82 Å². The predicted octanol–water partition coefficient (Wildman–Crippen LogP) is 6.57. The molecule has 1 saturated carbocycles. The lowest BCUT2D eigenvalue weighted by Gasteiger charge is -2.41. The molecule has 1 saturated heterocycles. The van der Waals surface area contributed by atoms with Crippen molar-refractivity contribution in [3.63, 3.8) is 0 Å². The molecule has 7 nitrogen and oxygen atoms in total. The SMILES string of the molecule is Nc1cc(C2(Sc3cc(F)cc(F)c3)CCN(Cc3ccccc3)CC2)nc(-c2ccc(NC(=O)NC3CC3)cc2)n1. The number of carbonyl (C=O) groups excluding carboxylic acids is 1. The third-order valence-electron chi connectivity index (χ3n) is 7.59. The van der Waals surface area contributed by atoms with Gasteiger partial charge in [-0.05, 0) is 67.6 Å². The Labute approximate surface area is 247 Å². The quantitative estimate of drug-likeness (QED) is 0.216. The van der Waals surface area contributed by atoms with Crippen LogP contribution in [-0.2, 0) is 11.3 Å². The van der Waals surface area contributed by atoms with Gasteiger partial charge in [0.2, 0.25) is 0 Å². The van der Waals surface area contributed by atoms with Gasteiger partial charge in [-0.3, -0.25) is 4.90 Å². The summed E-state index contributed by atoms with van der Waals surface area (Å²) in [4.78, 5) is 24.5. The molecule has 42 heavy (non-hydrogen) atoms. The summed E-state index contributed by atoms with van der Waals surface area (Å²) in [5.41, 5.74) is 9.69. The lowest BCUT2D eigenvalue weighted by atomic mass is 9.91. The topological polar surface area (TPSA) is 96.2 Å². The second-order valence-corrected chi connectivity index (χ2v) is 12.4. The summed E-state index contributed by atoms with van der Waals surface area (Å²) >= 11 is 1.43. The number of urea groups is 1. The fourth-order valence-electron chi connectivity index (χ4n) is 5.25. The van der Waals surface area contributed by atoms with E-state index in [9.17, 15) is 13.6 Å². The van der Waals surface area contributed by atoms with Gasteiger partial charge in [0, 0.05) is 54.0 Å². The number of carbonyl (C=O) groups is 1. The summed E-state index contributed by atoms with van der Waals surface area (Å²) in [6, 6.07) is 23.0.